The van der Waals surface area contributed by atoms with Crippen LogP contribution >= 0.6 is 0 Å². The summed E-state index contributed by atoms with van der Waals surface area (Å²) in [5, 5.41) is 7.51. The number of benzene rings is 11. The minimum atomic E-state index is 1.08. The first-order valence-electron chi connectivity index (χ1n) is 22.0. The van der Waals surface area contributed by atoms with Gasteiger partial charge in [-0.3, -0.25) is 0 Å². The lowest BCUT2D eigenvalue weighted by Gasteiger charge is -2.27. The van der Waals surface area contributed by atoms with Gasteiger partial charge in [0.25, 0.3) is 0 Å². The summed E-state index contributed by atoms with van der Waals surface area (Å²) in [5.41, 5.74) is 16.3. The second-order valence-corrected chi connectivity index (χ2v) is 16.5. The van der Waals surface area contributed by atoms with Crippen molar-refractivity contribution < 1.29 is 0 Å². The van der Waals surface area contributed by atoms with E-state index < -0.39 is 0 Å². The number of hydrogen-bond donors (Lipinski definition) is 0. The summed E-state index contributed by atoms with van der Waals surface area (Å²) in [6.07, 6.45) is 0. The highest BCUT2D eigenvalue weighted by molar-refractivity contribution is 6.09. The number of aromatic nitrogens is 1. The van der Waals surface area contributed by atoms with Gasteiger partial charge in [-0.2, -0.15) is 0 Å². The molecule has 0 fully saturated rings. The predicted molar refractivity (Wildman–Crippen MR) is 272 cm³/mol. The third kappa shape index (κ3) is 6.52. The van der Waals surface area contributed by atoms with Crippen molar-refractivity contribution in [3.8, 4) is 50.2 Å². The zero-order valence-electron chi connectivity index (χ0n) is 35.1. The molecule has 12 rings (SSSR count). The Labute approximate surface area is 373 Å². The van der Waals surface area contributed by atoms with Crippen molar-refractivity contribution >= 4 is 60.4 Å². The van der Waals surface area contributed by atoms with Gasteiger partial charge in [-0.15, -0.1) is 0 Å². The third-order valence-corrected chi connectivity index (χ3v) is 12.8. The van der Waals surface area contributed by atoms with Crippen molar-refractivity contribution in [3.05, 3.63) is 255 Å². The lowest BCUT2D eigenvalue weighted by atomic mass is 9.93. The fourth-order valence-electron chi connectivity index (χ4n) is 9.77. The highest BCUT2D eigenvalue weighted by atomic mass is 15.1. The Morgan fingerprint density at radius 3 is 1.27 bits per heavy atom. The first-order chi connectivity index (χ1) is 31.7. The molecule has 0 aliphatic heterocycles. The van der Waals surface area contributed by atoms with Crippen LogP contribution in [0.1, 0.15) is 0 Å². The number of nitrogens with zero attached hydrogens (tertiary/aromatic N) is 2. The number of anilines is 3. The van der Waals surface area contributed by atoms with E-state index in [-0.39, 0.29) is 0 Å². The maximum absolute atomic E-state index is 2.40. The molecule has 0 amide bonds. The molecule has 0 bridgehead atoms. The highest BCUT2D eigenvalue weighted by Crippen LogP contribution is 2.43. The van der Waals surface area contributed by atoms with Crippen LogP contribution in [-0.2, 0) is 0 Å². The molecular weight excluding hydrogens is 773 g/mol. The van der Waals surface area contributed by atoms with Gasteiger partial charge < -0.3 is 9.47 Å². The molecular formula is C62H42N2. The minimum Gasteiger partial charge on any atom is -0.310 e. The Kier molecular flexibility index (Phi) is 9.20. The smallest absolute Gasteiger partial charge is 0.0541 e. The Morgan fingerprint density at radius 2 is 0.688 bits per heavy atom. The van der Waals surface area contributed by atoms with Crippen molar-refractivity contribution in [3.63, 3.8) is 0 Å². The highest BCUT2D eigenvalue weighted by Gasteiger charge is 2.19. The summed E-state index contributed by atoms with van der Waals surface area (Å²) < 4.78 is 2.40. The number of hydrogen-bond acceptors (Lipinski definition) is 1. The Morgan fingerprint density at radius 1 is 0.250 bits per heavy atom. The summed E-state index contributed by atoms with van der Waals surface area (Å²) in [4.78, 5) is 2.39. The van der Waals surface area contributed by atoms with E-state index >= 15 is 0 Å². The van der Waals surface area contributed by atoms with Crippen LogP contribution in [0.15, 0.2) is 255 Å². The molecule has 0 radical (unpaired) electrons. The summed E-state index contributed by atoms with van der Waals surface area (Å²) in [5.74, 6) is 0. The van der Waals surface area contributed by atoms with Crippen molar-refractivity contribution in [1.82, 2.24) is 4.57 Å². The normalized spacial score (nSPS) is 11.4. The average molecular weight is 815 g/mol. The van der Waals surface area contributed by atoms with Crippen LogP contribution in [0.3, 0.4) is 0 Å². The Hall–Kier alpha value is -8.46. The van der Waals surface area contributed by atoms with Crippen molar-refractivity contribution in [2.75, 3.05) is 4.90 Å². The maximum Gasteiger partial charge on any atom is 0.0541 e. The topological polar surface area (TPSA) is 8.17 Å². The second-order valence-electron chi connectivity index (χ2n) is 16.5. The van der Waals surface area contributed by atoms with Crippen LogP contribution in [-0.4, -0.2) is 4.57 Å². The standard InChI is InChI=1S/C62H42N2/c1-2-15-45(16-3-1)60-42-52(39-40-57(60)48-21-12-22-51(41-48)64-61-29-10-8-25-58(61)59-26-9-11-30-62(59)64)63(49-35-31-46(32-36-49)55-27-13-19-43-17-4-6-23-53(43)55)50-37-33-47(34-38-50)56-28-14-20-44-18-5-7-24-54(44)56/h1-42H. The molecule has 0 N–H and O–H groups in total. The van der Waals surface area contributed by atoms with Gasteiger partial charge in [0, 0.05) is 33.5 Å². The number of para-hydroxylation sites is 2. The fourth-order valence-corrected chi connectivity index (χ4v) is 9.77. The first-order valence-corrected chi connectivity index (χ1v) is 22.0. The van der Waals surface area contributed by atoms with Gasteiger partial charge in [-0.25, -0.2) is 0 Å². The van der Waals surface area contributed by atoms with Crippen LogP contribution in [0.4, 0.5) is 17.1 Å². The van der Waals surface area contributed by atoms with E-state index in [1.807, 2.05) is 0 Å². The maximum atomic E-state index is 2.40. The van der Waals surface area contributed by atoms with Gasteiger partial charge in [0.05, 0.1) is 11.0 Å². The van der Waals surface area contributed by atoms with Gasteiger partial charge in [0.15, 0.2) is 0 Å². The van der Waals surface area contributed by atoms with Gasteiger partial charge in [0.2, 0.25) is 0 Å². The average Bonchev–Trinajstić information content (AvgIpc) is 3.71. The quantitative estimate of drug-likeness (QED) is 0.148. The zero-order valence-corrected chi connectivity index (χ0v) is 35.1. The van der Waals surface area contributed by atoms with E-state index in [2.05, 4.69) is 264 Å². The monoisotopic (exact) mass is 814 g/mol. The van der Waals surface area contributed by atoms with Gasteiger partial charge >= 0.3 is 0 Å². The third-order valence-electron chi connectivity index (χ3n) is 12.8. The van der Waals surface area contributed by atoms with E-state index in [4.69, 9.17) is 0 Å². The molecule has 0 aliphatic rings. The van der Waals surface area contributed by atoms with Crippen LogP contribution in [0.25, 0.3) is 93.5 Å². The van der Waals surface area contributed by atoms with Crippen molar-refractivity contribution in [1.29, 1.82) is 0 Å². The van der Waals surface area contributed by atoms with E-state index in [9.17, 15) is 0 Å². The van der Waals surface area contributed by atoms with E-state index in [1.54, 1.807) is 0 Å². The molecule has 0 aliphatic carbocycles. The second kappa shape index (κ2) is 15.8. The molecule has 0 spiro atoms. The van der Waals surface area contributed by atoms with E-state index in [1.165, 1.54) is 82.3 Å². The van der Waals surface area contributed by atoms with E-state index in [0.717, 1.165) is 28.3 Å². The molecule has 2 heteroatoms. The predicted octanol–water partition coefficient (Wildman–Crippen LogP) is 17.2. The zero-order chi connectivity index (χ0) is 42.4. The van der Waals surface area contributed by atoms with Gasteiger partial charge in [-0.05, 0) is 127 Å². The molecule has 1 heterocycles. The first kappa shape index (κ1) is 37.3. The number of rotatable bonds is 8. The summed E-state index contributed by atoms with van der Waals surface area (Å²) in [6.45, 7) is 0. The molecule has 300 valence electrons. The lowest BCUT2D eigenvalue weighted by Crippen LogP contribution is -2.10. The molecule has 0 saturated carbocycles. The van der Waals surface area contributed by atoms with Crippen LogP contribution in [0.5, 0.6) is 0 Å². The summed E-state index contributed by atoms with van der Waals surface area (Å²) in [7, 11) is 0. The molecule has 12 aromatic rings. The molecule has 1 aromatic heterocycles. The fraction of sp³-hybridized carbons (Fsp3) is 0. The molecule has 2 nitrogen and oxygen atoms in total. The van der Waals surface area contributed by atoms with Gasteiger partial charge in [-0.1, -0.05) is 194 Å². The van der Waals surface area contributed by atoms with Crippen LogP contribution in [0, 0.1) is 0 Å². The lowest BCUT2D eigenvalue weighted by molar-refractivity contribution is 1.18. The Bertz CT molecular complexity index is 3470. The van der Waals surface area contributed by atoms with E-state index in [0.29, 0.717) is 0 Å². The molecule has 0 saturated heterocycles. The Balaban J connectivity index is 1.01. The van der Waals surface area contributed by atoms with Crippen molar-refractivity contribution in [2.45, 2.75) is 0 Å². The number of fused-ring (bicyclic) bond motifs is 5. The summed E-state index contributed by atoms with van der Waals surface area (Å²) in [6, 6.07) is 92.7. The van der Waals surface area contributed by atoms with Crippen LogP contribution in [0.2, 0.25) is 0 Å². The summed E-state index contributed by atoms with van der Waals surface area (Å²) >= 11 is 0. The SMILES string of the molecule is c1ccc(-c2cc(N(c3ccc(-c4cccc5ccccc45)cc3)c3ccc(-c4cccc5ccccc45)cc3)ccc2-c2cccc(-n3c4ccccc4c4ccccc43)c2)cc1. The van der Waals surface area contributed by atoms with Gasteiger partial charge in [0.1, 0.15) is 0 Å². The van der Waals surface area contributed by atoms with Crippen LogP contribution < -0.4 is 4.90 Å². The minimum absolute atomic E-state index is 1.08. The molecule has 11 aromatic carbocycles. The van der Waals surface area contributed by atoms with Crippen molar-refractivity contribution in [2.24, 2.45) is 0 Å². The molecule has 64 heavy (non-hydrogen) atoms. The largest absolute Gasteiger partial charge is 0.310 e. The molecule has 0 unspecified atom stereocenters. The molecule has 0 atom stereocenters.